The average molecular weight is 463 g/mol. The van der Waals surface area contributed by atoms with Crippen molar-refractivity contribution < 1.29 is 34.6 Å². The van der Waals surface area contributed by atoms with Gasteiger partial charge in [-0.05, 0) is 41.3 Å². The first kappa shape index (κ1) is 22.1. The molecule has 4 N–H and O–H groups in total. The molecule has 1 aliphatic carbocycles. The first-order chi connectivity index (χ1) is 15.5. The van der Waals surface area contributed by atoms with Gasteiger partial charge in [0.2, 0.25) is 0 Å². The highest BCUT2D eigenvalue weighted by molar-refractivity contribution is 6.31. The highest BCUT2D eigenvalue weighted by Gasteiger charge is 2.56. The van der Waals surface area contributed by atoms with Crippen LogP contribution in [-0.4, -0.2) is 70.8 Å². The highest BCUT2D eigenvalue weighted by Crippen LogP contribution is 2.46. The third kappa shape index (κ3) is 4.15. The quantitative estimate of drug-likeness (QED) is 0.514. The van der Waals surface area contributed by atoms with E-state index in [4.69, 9.17) is 25.8 Å². The normalized spacial score (nSPS) is 36.0. The van der Waals surface area contributed by atoms with E-state index in [9.17, 15) is 20.4 Å². The molecule has 0 spiro atoms. The van der Waals surface area contributed by atoms with E-state index in [-0.39, 0.29) is 6.10 Å². The van der Waals surface area contributed by atoms with E-state index >= 15 is 0 Å². The molecule has 8 heteroatoms. The van der Waals surface area contributed by atoms with Crippen molar-refractivity contribution in [2.75, 3.05) is 19.8 Å². The lowest BCUT2D eigenvalue weighted by molar-refractivity contribution is -0.231. The molecule has 3 unspecified atom stereocenters. The molecule has 1 saturated carbocycles. The van der Waals surface area contributed by atoms with Gasteiger partial charge in [0.15, 0.2) is 0 Å². The van der Waals surface area contributed by atoms with Gasteiger partial charge in [0, 0.05) is 16.9 Å². The third-order valence-electron chi connectivity index (χ3n) is 6.75. The zero-order valence-electron chi connectivity index (χ0n) is 17.4. The van der Waals surface area contributed by atoms with Gasteiger partial charge in [-0.3, -0.25) is 0 Å². The number of hydrogen-bond acceptors (Lipinski definition) is 7. The van der Waals surface area contributed by atoms with E-state index in [0.717, 1.165) is 30.1 Å². The zero-order valence-corrected chi connectivity index (χ0v) is 18.1. The molecule has 172 valence electrons. The van der Waals surface area contributed by atoms with Crippen LogP contribution < -0.4 is 4.74 Å². The summed E-state index contributed by atoms with van der Waals surface area (Å²) in [5.74, 6) is 1.89. The molecule has 5 rings (SSSR count). The lowest BCUT2D eigenvalue weighted by atomic mass is 9.90. The maximum atomic E-state index is 10.4. The van der Waals surface area contributed by atoms with Crippen molar-refractivity contribution in [1.29, 1.82) is 0 Å². The standard InChI is InChI=1S/C24H27ClO7/c25-18-6-3-13(23-22(29)21(28)20(27)19(9-26)32-23)8-14(18)7-12-1-4-15(5-2-12)31-24-16-10-30-11-17(16)24/h1-6,8,16-17,19-24,26-29H,7,9-11H2/t16-,17?,19-,20-,21+,22-,23?,24?/m1/s1. The SMILES string of the molecule is OC[C@H]1OC(c2ccc(Cl)c(Cc3ccc(OC4C5COC[C@H]54)cc3)c2)[C@H](O)[C@@H](O)[C@@H]1O. The van der Waals surface area contributed by atoms with Crippen molar-refractivity contribution in [3.63, 3.8) is 0 Å². The average Bonchev–Trinajstić information content (AvgIpc) is 3.20. The summed E-state index contributed by atoms with van der Waals surface area (Å²) in [5, 5.41) is 40.5. The van der Waals surface area contributed by atoms with Crippen LogP contribution in [0.1, 0.15) is 22.8 Å². The summed E-state index contributed by atoms with van der Waals surface area (Å²) in [7, 11) is 0. The van der Waals surface area contributed by atoms with Crippen molar-refractivity contribution in [2.24, 2.45) is 11.8 Å². The van der Waals surface area contributed by atoms with Crippen LogP contribution in [0.15, 0.2) is 42.5 Å². The maximum absolute atomic E-state index is 10.4. The second-order valence-electron chi connectivity index (χ2n) is 8.87. The molecule has 2 saturated heterocycles. The van der Waals surface area contributed by atoms with Gasteiger partial charge < -0.3 is 34.6 Å². The van der Waals surface area contributed by atoms with Crippen molar-refractivity contribution >= 4 is 11.6 Å². The number of aliphatic hydroxyl groups is 4. The van der Waals surface area contributed by atoms with Gasteiger partial charge in [-0.25, -0.2) is 0 Å². The van der Waals surface area contributed by atoms with E-state index < -0.39 is 37.1 Å². The van der Waals surface area contributed by atoms with Gasteiger partial charge in [-0.2, -0.15) is 0 Å². The minimum absolute atomic E-state index is 0.263. The Morgan fingerprint density at radius 2 is 1.66 bits per heavy atom. The smallest absolute Gasteiger partial charge is 0.119 e. The number of aliphatic hydroxyl groups excluding tert-OH is 4. The molecular weight excluding hydrogens is 436 g/mol. The summed E-state index contributed by atoms with van der Waals surface area (Å²) in [4.78, 5) is 0. The summed E-state index contributed by atoms with van der Waals surface area (Å²) < 4.78 is 17.1. The Bertz CT molecular complexity index is 940. The van der Waals surface area contributed by atoms with E-state index in [0.29, 0.717) is 28.8 Å². The van der Waals surface area contributed by atoms with E-state index in [1.165, 1.54) is 0 Å². The van der Waals surface area contributed by atoms with E-state index in [1.54, 1.807) is 12.1 Å². The second-order valence-corrected chi connectivity index (χ2v) is 9.28. The van der Waals surface area contributed by atoms with Crippen molar-refractivity contribution in [1.82, 2.24) is 0 Å². The lowest BCUT2D eigenvalue weighted by Gasteiger charge is -2.40. The molecule has 0 aromatic heterocycles. The summed E-state index contributed by atoms with van der Waals surface area (Å²) in [6.07, 6.45) is -5.16. The number of halogens is 1. The predicted octanol–water partition coefficient (Wildman–Crippen LogP) is 1.47. The molecule has 2 aromatic carbocycles. The third-order valence-corrected chi connectivity index (χ3v) is 7.12. The topological polar surface area (TPSA) is 109 Å². The Labute approximate surface area is 191 Å². The summed E-state index contributed by atoms with van der Waals surface area (Å²) in [6, 6.07) is 13.2. The van der Waals surface area contributed by atoms with Crippen LogP contribution in [0.3, 0.4) is 0 Å². The minimum atomic E-state index is -1.42. The minimum Gasteiger partial charge on any atom is -0.490 e. The molecule has 2 heterocycles. The van der Waals surface area contributed by atoms with Crippen molar-refractivity contribution in [3.8, 4) is 5.75 Å². The fourth-order valence-corrected chi connectivity index (χ4v) is 4.89. The monoisotopic (exact) mass is 462 g/mol. The van der Waals surface area contributed by atoms with Crippen LogP contribution in [0.4, 0.5) is 0 Å². The van der Waals surface area contributed by atoms with E-state index in [1.807, 2.05) is 30.3 Å². The number of benzene rings is 2. The lowest BCUT2D eigenvalue weighted by Crippen LogP contribution is -2.55. The second kappa shape index (κ2) is 8.91. The van der Waals surface area contributed by atoms with Gasteiger partial charge in [0.1, 0.15) is 42.4 Å². The largest absolute Gasteiger partial charge is 0.490 e. The number of hydrogen-bond donors (Lipinski definition) is 4. The van der Waals surface area contributed by atoms with Crippen LogP contribution in [0.5, 0.6) is 5.75 Å². The molecular formula is C24H27ClO7. The van der Waals surface area contributed by atoms with Crippen LogP contribution in [-0.2, 0) is 15.9 Å². The van der Waals surface area contributed by atoms with Crippen LogP contribution in [0.25, 0.3) is 0 Å². The summed E-state index contributed by atoms with van der Waals surface area (Å²) >= 11 is 6.42. The van der Waals surface area contributed by atoms with Gasteiger partial charge in [0.25, 0.3) is 0 Å². The van der Waals surface area contributed by atoms with Crippen molar-refractivity contribution in [3.05, 3.63) is 64.2 Å². The molecule has 3 fully saturated rings. The Kier molecular flexibility index (Phi) is 6.15. The molecule has 0 bridgehead atoms. The van der Waals surface area contributed by atoms with Gasteiger partial charge in [-0.15, -0.1) is 0 Å². The van der Waals surface area contributed by atoms with E-state index in [2.05, 4.69) is 0 Å². The first-order valence-corrected chi connectivity index (χ1v) is 11.3. The molecule has 2 aliphatic heterocycles. The fraction of sp³-hybridized carbons (Fsp3) is 0.500. The number of ether oxygens (including phenoxy) is 3. The number of fused-ring (bicyclic) bond motifs is 1. The summed E-state index contributed by atoms with van der Waals surface area (Å²) in [6.45, 7) is 1.11. The Hall–Kier alpha value is -1.71. The molecule has 3 aliphatic rings. The van der Waals surface area contributed by atoms with Crippen LogP contribution in [0.2, 0.25) is 5.02 Å². The van der Waals surface area contributed by atoms with Gasteiger partial charge >= 0.3 is 0 Å². The molecule has 7 nitrogen and oxygen atoms in total. The highest BCUT2D eigenvalue weighted by atomic mass is 35.5. The fourth-order valence-electron chi connectivity index (χ4n) is 4.71. The van der Waals surface area contributed by atoms with Crippen molar-refractivity contribution in [2.45, 2.75) is 43.0 Å². The predicted molar refractivity (Wildman–Crippen MR) is 116 cm³/mol. The molecule has 2 aromatic rings. The molecule has 0 radical (unpaired) electrons. The molecule has 8 atom stereocenters. The Morgan fingerprint density at radius 3 is 2.34 bits per heavy atom. The van der Waals surface area contributed by atoms with Crippen LogP contribution in [0, 0.1) is 11.8 Å². The first-order valence-electron chi connectivity index (χ1n) is 10.9. The number of rotatable bonds is 6. The summed E-state index contributed by atoms with van der Waals surface area (Å²) in [5.41, 5.74) is 2.50. The van der Waals surface area contributed by atoms with Crippen LogP contribution >= 0.6 is 11.6 Å². The van der Waals surface area contributed by atoms with Gasteiger partial charge in [-0.1, -0.05) is 35.9 Å². The Balaban J connectivity index is 1.29. The zero-order chi connectivity index (χ0) is 22.4. The molecule has 0 amide bonds. The Morgan fingerprint density at radius 1 is 0.938 bits per heavy atom. The van der Waals surface area contributed by atoms with Gasteiger partial charge in [0.05, 0.1) is 19.8 Å². The molecule has 32 heavy (non-hydrogen) atoms. The maximum Gasteiger partial charge on any atom is 0.119 e.